The summed E-state index contributed by atoms with van der Waals surface area (Å²) in [5, 5.41) is 9.73. The normalized spacial score (nSPS) is 13.0. The van der Waals surface area contributed by atoms with E-state index in [1.165, 1.54) is 22.6 Å². The molecule has 4 rings (SSSR count). The van der Waals surface area contributed by atoms with Gasteiger partial charge in [-0.2, -0.15) is 5.10 Å². The predicted molar refractivity (Wildman–Crippen MR) is 104 cm³/mol. The number of fused-ring (bicyclic) bond motifs is 1. The zero-order chi connectivity index (χ0) is 17.9. The molecule has 6 nitrogen and oxygen atoms in total. The molecule has 1 N–H and O–H groups in total. The Morgan fingerprint density at radius 3 is 3.08 bits per heavy atom. The van der Waals surface area contributed by atoms with Crippen molar-refractivity contribution in [3.05, 3.63) is 53.3 Å². The molecule has 0 atom stereocenters. The van der Waals surface area contributed by atoms with Crippen LogP contribution in [0.5, 0.6) is 0 Å². The number of amides is 1. The molecule has 0 unspecified atom stereocenters. The van der Waals surface area contributed by atoms with Gasteiger partial charge in [0.15, 0.2) is 0 Å². The minimum Gasteiger partial charge on any atom is -0.371 e. The minimum absolute atomic E-state index is 0.113. The lowest BCUT2D eigenvalue weighted by atomic mass is 10.2. The average Bonchev–Trinajstić information content (AvgIpc) is 3.38. The van der Waals surface area contributed by atoms with Crippen molar-refractivity contribution in [1.29, 1.82) is 0 Å². The second kappa shape index (κ2) is 7.29. The molecular formula is C19H21N5OS. The molecule has 0 radical (unpaired) electrons. The van der Waals surface area contributed by atoms with Gasteiger partial charge < -0.3 is 10.2 Å². The number of hydrogen-bond donors (Lipinski definition) is 1. The molecule has 134 valence electrons. The van der Waals surface area contributed by atoms with Crippen molar-refractivity contribution in [3.8, 4) is 10.6 Å². The van der Waals surface area contributed by atoms with Crippen molar-refractivity contribution in [2.45, 2.75) is 12.8 Å². The number of aromatic nitrogens is 3. The highest BCUT2D eigenvalue weighted by Crippen LogP contribution is 2.27. The lowest BCUT2D eigenvalue weighted by Gasteiger charge is -2.19. The van der Waals surface area contributed by atoms with Crippen LogP contribution in [0.25, 0.3) is 10.6 Å². The van der Waals surface area contributed by atoms with Crippen molar-refractivity contribution in [2.75, 3.05) is 24.5 Å². The maximum atomic E-state index is 12.3. The summed E-state index contributed by atoms with van der Waals surface area (Å²) in [7, 11) is 1.86. The molecule has 0 bridgehead atoms. The SMILES string of the molecule is Cn1cc(-c2nc(C(=O)NCCCN3CCc4ccccc43)cs2)cn1. The number of hydrogen-bond acceptors (Lipinski definition) is 5. The smallest absolute Gasteiger partial charge is 0.270 e. The molecule has 0 saturated heterocycles. The Balaban J connectivity index is 1.27. The second-order valence-electron chi connectivity index (χ2n) is 6.42. The Bertz CT molecular complexity index is 916. The minimum atomic E-state index is -0.113. The van der Waals surface area contributed by atoms with Crippen LogP contribution in [0.2, 0.25) is 0 Å². The average molecular weight is 367 g/mol. The number of carbonyl (C=O) groups excluding carboxylic acids is 1. The van der Waals surface area contributed by atoms with Crippen LogP contribution in [-0.4, -0.2) is 40.3 Å². The zero-order valence-corrected chi connectivity index (χ0v) is 15.5. The third-order valence-corrected chi connectivity index (χ3v) is 5.45. The largest absolute Gasteiger partial charge is 0.371 e. The van der Waals surface area contributed by atoms with E-state index < -0.39 is 0 Å². The van der Waals surface area contributed by atoms with E-state index >= 15 is 0 Å². The van der Waals surface area contributed by atoms with Gasteiger partial charge in [0, 0.05) is 49.5 Å². The first-order chi connectivity index (χ1) is 12.7. The fourth-order valence-corrected chi connectivity index (χ4v) is 4.02. The van der Waals surface area contributed by atoms with Crippen molar-refractivity contribution in [2.24, 2.45) is 7.05 Å². The molecule has 1 aromatic carbocycles. The summed E-state index contributed by atoms with van der Waals surface area (Å²) in [6.45, 7) is 2.67. The van der Waals surface area contributed by atoms with E-state index in [2.05, 4.69) is 44.6 Å². The second-order valence-corrected chi connectivity index (χ2v) is 7.27. The van der Waals surface area contributed by atoms with Crippen molar-refractivity contribution in [3.63, 3.8) is 0 Å². The number of thiazole rings is 1. The lowest BCUT2D eigenvalue weighted by Crippen LogP contribution is -2.29. The summed E-state index contributed by atoms with van der Waals surface area (Å²) in [5.41, 5.74) is 4.16. The van der Waals surface area contributed by atoms with Crippen LogP contribution in [0.4, 0.5) is 5.69 Å². The van der Waals surface area contributed by atoms with Crippen molar-refractivity contribution in [1.82, 2.24) is 20.1 Å². The highest BCUT2D eigenvalue weighted by molar-refractivity contribution is 7.13. The Labute approximate surface area is 156 Å². The Kier molecular flexibility index (Phi) is 4.71. The molecule has 1 aliphatic heterocycles. The van der Waals surface area contributed by atoms with Gasteiger partial charge in [-0.25, -0.2) is 4.98 Å². The van der Waals surface area contributed by atoms with Gasteiger partial charge in [-0.3, -0.25) is 9.48 Å². The standard InChI is InChI=1S/C19H21N5OS/c1-23-12-15(11-21-23)19-22-16(13-26-19)18(25)20-8-4-9-24-10-7-14-5-2-3-6-17(14)24/h2-3,5-6,11-13H,4,7-10H2,1H3,(H,20,25). The Hall–Kier alpha value is -2.67. The lowest BCUT2D eigenvalue weighted by molar-refractivity contribution is 0.0949. The molecule has 0 spiro atoms. The number of aryl methyl sites for hydroxylation is 1. The van der Waals surface area contributed by atoms with Crippen LogP contribution in [0, 0.1) is 0 Å². The maximum Gasteiger partial charge on any atom is 0.270 e. The summed E-state index contributed by atoms with van der Waals surface area (Å²) in [4.78, 5) is 19.1. The maximum absolute atomic E-state index is 12.3. The van der Waals surface area contributed by atoms with Crippen LogP contribution in [0.1, 0.15) is 22.5 Å². The van der Waals surface area contributed by atoms with E-state index in [0.717, 1.165) is 36.5 Å². The summed E-state index contributed by atoms with van der Waals surface area (Å²) in [6.07, 6.45) is 5.68. The van der Waals surface area contributed by atoms with E-state index in [0.29, 0.717) is 12.2 Å². The van der Waals surface area contributed by atoms with E-state index in [9.17, 15) is 4.79 Å². The van der Waals surface area contributed by atoms with Gasteiger partial charge in [0.1, 0.15) is 10.7 Å². The third kappa shape index (κ3) is 3.48. The van der Waals surface area contributed by atoms with E-state index in [-0.39, 0.29) is 5.91 Å². The van der Waals surface area contributed by atoms with Gasteiger partial charge in [0.25, 0.3) is 5.91 Å². The van der Waals surface area contributed by atoms with Crippen LogP contribution < -0.4 is 10.2 Å². The van der Waals surface area contributed by atoms with Crippen LogP contribution in [0.15, 0.2) is 42.0 Å². The first-order valence-electron chi connectivity index (χ1n) is 8.76. The summed E-state index contributed by atoms with van der Waals surface area (Å²) in [5.74, 6) is -0.113. The fraction of sp³-hybridized carbons (Fsp3) is 0.316. The molecule has 2 aromatic heterocycles. The predicted octanol–water partition coefficient (Wildman–Crippen LogP) is 2.73. The first-order valence-corrected chi connectivity index (χ1v) is 9.64. The van der Waals surface area contributed by atoms with Crippen molar-refractivity contribution >= 4 is 22.9 Å². The summed E-state index contributed by atoms with van der Waals surface area (Å²) < 4.78 is 1.73. The van der Waals surface area contributed by atoms with Gasteiger partial charge in [0.05, 0.1) is 6.20 Å². The van der Waals surface area contributed by atoms with E-state index in [1.807, 2.05) is 13.2 Å². The zero-order valence-electron chi connectivity index (χ0n) is 14.7. The summed E-state index contributed by atoms with van der Waals surface area (Å²) in [6, 6.07) is 8.55. The van der Waals surface area contributed by atoms with Gasteiger partial charge in [0.2, 0.25) is 0 Å². The van der Waals surface area contributed by atoms with Crippen LogP contribution in [0.3, 0.4) is 0 Å². The van der Waals surface area contributed by atoms with Crippen LogP contribution in [-0.2, 0) is 13.5 Å². The molecule has 7 heteroatoms. The Morgan fingerprint density at radius 2 is 2.23 bits per heavy atom. The number of rotatable bonds is 6. The van der Waals surface area contributed by atoms with Gasteiger partial charge >= 0.3 is 0 Å². The number of carbonyl (C=O) groups is 1. The van der Waals surface area contributed by atoms with Gasteiger partial charge in [-0.15, -0.1) is 11.3 Å². The van der Waals surface area contributed by atoms with Crippen molar-refractivity contribution < 1.29 is 4.79 Å². The van der Waals surface area contributed by atoms with Gasteiger partial charge in [-0.05, 0) is 24.5 Å². The molecule has 0 saturated carbocycles. The molecule has 3 heterocycles. The topological polar surface area (TPSA) is 63.1 Å². The highest BCUT2D eigenvalue weighted by Gasteiger charge is 2.18. The molecule has 26 heavy (non-hydrogen) atoms. The van der Waals surface area contributed by atoms with E-state index in [4.69, 9.17) is 0 Å². The van der Waals surface area contributed by atoms with E-state index in [1.54, 1.807) is 16.3 Å². The third-order valence-electron chi connectivity index (χ3n) is 4.56. The molecule has 0 aliphatic carbocycles. The number of nitrogens with one attached hydrogen (secondary N) is 1. The fourth-order valence-electron chi connectivity index (χ4n) is 3.24. The molecule has 0 fully saturated rings. The molecular weight excluding hydrogens is 346 g/mol. The van der Waals surface area contributed by atoms with Crippen LogP contribution >= 0.6 is 11.3 Å². The molecule has 1 aliphatic rings. The highest BCUT2D eigenvalue weighted by atomic mass is 32.1. The number of nitrogens with zero attached hydrogens (tertiary/aromatic N) is 4. The quantitative estimate of drug-likeness (QED) is 0.681. The molecule has 3 aromatic rings. The number of benzene rings is 1. The van der Waals surface area contributed by atoms with Gasteiger partial charge in [-0.1, -0.05) is 18.2 Å². The summed E-state index contributed by atoms with van der Waals surface area (Å²) >= 11 is 1.46. The number of anilines is 1. The number of para-hydroxylation sites is 1. The monoisotopic (exact) mass is 367 g/mol. The Morgan fingerprint density at radius 1 is 1.35 bits per heavy atom. The first kappa shape index (κ1) is 16.8. The molecule has 1 amide bonds.